The second-order valence-corrected chi connectivity index (χ2v) is 7.08. The first kappa shape index (κ1) is 15.8. The van der Waals surface area contributed by atoms with Crippen molar-refractivity contribution in [3.8, 4) is 0 Å². The molecule has 6 heteroatoms. The molecule has 2 aromatic rings. The highest BCUT2D eigenvalue weighted by molar-refractivity contribution is 7.14. The molecule has 0 radical (unpaired) electrons. The summed E-state index contributed by atoms with van der Waals surface area (Å²) in [7, 11) is 0. The van der Waals surface area contributed by atoms with Crippen molar-refractivity contribution in [1.82, 2.24) is 10.6 Å². The number of nitrogens with one attached hydrogen (secondary N) is 2. The summed E-state index contributed by atoms with van der Waals surface area (Å²) in [6, 6.07) is 5.53. The summed E-state index contributed by atoms with van der Waals surface area (Å²) in [5, 5.41) is 5.38. The molecular formula is C17H20N2O3S. The van der Waals surface area contributed by atoms with Gasteiger partial charge in [0.15, 0.2) is 0 Å². The van der Waals surface area contributed by atoms with Crippen molar-refractivity contribution in [3.05, 3.63) is 45.5 Å². The molecule has 0 saturated heterocycles. The minimum Gasteiger partial charge on any atom is -0.467 e. The molecule has 3 rings (SSSR count). The number of hydrogen-bond donors (Lipinski definition) is 2. The Morgan fingerprint density at radius 3 is 3.04 bits per heavy atom. The van der Waals surface area contributed by atoms with Crippen molar-refractivity contribution in [1.29, 1.82) is 0 Å². The van der Waals surface area contributed by atoms with E-state index in [0.29, 0.717) is 23.1 Å². The van der Waals surface area contributed by atoms with Crippen molar-refractivity contribution in [3.63, 3.8) is 0 Å². The Labute approximate surface area is 139 Å². The van der Waals surface area contributed by atoms with Gasteiger partial charge in [0, 0.05) is 4.88 Å². The molecule has 1 aliphatic carbocycles. The molecular weight excluding hydrogens is 312 g/mol. The van der Waals surface area contributed by atoms with Gasteiger partial charge in [0.25, 0.3) is 5.91 Å². The Morgan fingerprint density at radius 1 is 1.39 bits per heavy atom. The van der Waals surface area contributed by atoms with E-state index >= 15 is 0 Å². The monoisotopic (exact) mass is 332 g/mol. The molecule has 23 heavy (non-hydrogen) atoms. The SMILES string of the molecule is CC1CCc2sc(C(=O)NCC(=O)NCc3ccco3)cc2C1. The Hall–Kier alpha value is -2.08. The molecule has 1 atom stereocenters. The predicted octanol–water partition coefficient (Wildman–Crippen LogP) is 2.51. The highest BCUT2D eigenvalue weighted by Crippen LogP contribution is 2.32. The van der Waals surface area contributed by atoms with Gasteiger partial charge in [-0.15, -0.1) is 11.3 Å². The van der Waals surface area contributed by atoms with E-state index in [1.807, 2.05) is 6.07 Å². The molecule has 0 saturated carbocycles. The molecule has 0 fully saturated rings. The van der Waals surface area contributed by atoms with Gasteiger partial charge in [0.2, 0.25) is 5.91 Å². The Bertz CT molecular complexity index is 691. The number of thiophene rings is 1. The second-order valence-electron chi connectivity index (χ2n) is 5.95. The van der Waals surface area contributed by atoms with Crippen LogP contribution in [-0.2, 0) is 24.2 Å². The standard InChI is InChI=1S/C17H20N2O3S/c1-11-4-5-14-12(7-11)8-15(23-14)17(21)19-10-16(20)18-9-13-3-2-6-22-13/h2-3,6,8,11H,4-5,7,9-10H2,1H3,(H,18,20)(H,19,21). The minimum absolute atomic E-state index is 0.0293. The molecule has 0 bridgehead atoms. The van der Waals surface area contributed by atoms with Crippen molar-refractivity contribution < 1.29 is 14.0 Å². The smallest absolute Gasteiger partial charge is 0.261 e. The van der Waals surface area contributed by atoms with Crippen LogP contribution in [0.2, 0.25) is 0 Å². The average Bonchev–Trinajstić information content (AvgIpc) is 3.19. The Morgan fingerprint density at radius 2 is 2.26 bits per heavy atom. The molecule has 122 valence electrons. The minimum atomic E-state index is -0.232. The fourth-order valence-electron chi connectivity index (χ4n) is 2.73. The lowest BCUT2D eigenvalue weighted by molar-refractivity contribution is -0.120. The number of hydrogen-bond acceptors (Lipinski definition) is 4. The first-order valence-electron chi connectivity index (χ1n) is 7.80. The third kappa shape index (κ3) is 4.01. The summed E-state index contributed by atoms with van der Waals surface area (Å²) < 4.78 is 5.13. The molecule has 2 aromatic heterocycles. The highest BCUT2D eigenvalue weighted by atomic mass is 32.1. The molecule has 2 heterocycles. The van der Waals surface area contributed by atoms with E-state index in [9.17, 15) is 9.59 Å². The molecule has 2 N–H and O–H groups in total. The summed E-state index contributed by atoms with van der Waals surface area (Å²) >= 11 is 1.55. The number of aryl methyl sites for hydroxylation is 1. The van der Waals surface area contributed by atoms with Gasteiger partial charge in [-0.3, -0.25) is 9.59 Å². The van der Waals surface area contributed by atoms with Crippen LogP contribution in [0.3, 0.4) is 0 Å². The van der Waals surface area contributed by atoms with Crippen LogP contribution in [0.25, 0.3) is 0 Å². The lowest BCUT2D eigenvalue weighted by atomic mass is 9.90. The third-order valence-electron chi connectivity index (χ3n) is 4.00. The van der Waals surface area contributed by atoms with Crippen LogP contribution >= 0.6 is 11.3 Å². The van der Waals surface area contributed by atoms with Crippen LogP contribution in [0.4, 0.5) is 0 Å². The zero-order valence-corrected chi connectivity index (χ0v) is 13.9. The first-order chi connectivity index (χ1) is 11.1. The van der Waals surface area contributed by atoms with Crippen LogP contribution in [0, 0.1) is 5.92 Å². The zero-order chi connectivity index (χ0) is 16.2. The summed E-state index contributed by atoms with van der Waals surface area (Å²) in [4.78, 5) is 25.9. The maximum absolute atomic E-state index is 12.2. The maximum atomic E-state index is 12.2. The molecule has 1 unspecified atom stereocenters. The largest absolute Gasteiger partial charge is 0.467 e. The summed E-state index contributed by atoms with van der Waals surface area (Å²) in [6.45, 7) is 2.54. The topological polar surface area (TPSA) is 71.3 Å². The van der Waals surface area contributed by atoms with Crippen LogP contribution < -0.4 is 10.6 Å². The van der Waals surface area contributed by atoms with Gasteiger partial charge in [0.1, 0.15) is 5.76 Å². The van der Waals surface area contributed by atoms with Crippen LogP contribution in [-0.4, -0.2) is 18.4 Å². The molecule has 2 amide bonds. The maximum Gasteiger partial charge on any atom is 0.261 e. The van der Waals surface area contributed by atoms with E-state index in [0.717, 1.165) is 12.8 Å². The van der Waals surface area contributed by atoms with Gasteiger partial charge in [-0.25, -0.2) is 0 Å². The third-order valence-corrected chi connectivity index (χ3v) is 5.24. The van der Waals surface area contributed by atoms with Gasteiger partial charge in [-0.1, -0.05) is 6.92 Å². The van der Waals surface area contributed by atoms with Gasteiger partial charge >= 0.3 is 0 Å². The Kier molecular flexibility index (Phi) is 4.81. The van der Waals surface area contributed by atoms with Crippen molar-refractivity contribution in [2.24, 2.45) is 5.92 Å². The van der Waals surface area contributed by atoms with Crippen LogP contribution in [0.1, 0.15) is 39.2 Å². The fourth-order valence-corrected chi connectivity index (χ4v) is 3.85. The van der Waals surface area contributed by atoms with E-state index in [2.05, 4.69) is 17.6 Å². The molecule has 0 aliphatic heterocycles. The van der Waals surface area contributed by atoms with E-state index in [1.54, 1.807) is 29.7 Å². The summed E-state index contributed by atoms with van der Waals surface area (Å²) in [5.74, 6) is 0.958. The van der Waals surface area contributed by atoms with Crippen LogP contribution in [0.15, 0.2) is 28.9 Å². The highest BCUT2D eigenvalue weighted by Gasteiger charge is 2.20. The van der Waals surface area contributed by atoms with Crippen molar-refractivity contribution in [2.45, 2.75) is 32.7 Å². The number of amides is 2. The molecule has 0 spiro atoms. The van der Waals surface area contributed by atoms with E-state index in [-0.39, 0.29) is 18.4 Å². The predicted molar refractivity (Wildman–Crippen MR) is 88.4 cm³/mol. The average molecular weight is 332 g/mol. The van der Waals surface area contributed by atoms with Gasteiger partial charge in [-0.2, -0.15) is 0 Å². The van der Waals surface area contributed by atoms with Gasteiger partial charge in [-0.05, 0) is 48.9 Å². The quantitative estimate of drug-likeness (QED) is 0.884. The van der Waals surface area contributed by atoms with Gasteiger partial charge < -0.3 is 15.1 Å². The summed E-state index contributed by atoms with van der Waals surface area (Å²) in [6.07, 6.45) is 4.84. The van der Waals surface area contributed by atoms with Crippen LogP contribution in [0.5, 0.6) is 0 Å². The number of carbonyl (C=O) groups excluding carboxylic acids is 2. The molecule has 0 aromatic carbocycles. The first-order valence-corrected chi connectivity index (χ1v) is 8.62. The number of fused-ring (bicyclic) bond motifs is 1. The summed E-state index contributed by atoms with van der Waals surface area (Å²) in [5.41, 5.74) is 1.29. The molecule has 5 nitrogen and oxygen atoms in total. The van der Waals surface area contributed by atoms with Crippen molar-refractivity contribution in [2.75, 3.05) is 6.54 Å². The fraction of sp³-hybridized carbons (Fsp3) is 0.412. The normalized spacial score (nSPS) is 16.7. The lowest BCUT2D eigenvalue weighted by Crippen LogP contribution is -2.36. The van der Waals surface area contributed by atoms with Gasteiger partial charge in [0.05, 0.1) is 24.2 Å². The van der Waals surface area contributed by atoms with E-state index < -0.39 is 0 Å². The Balaban J connectivity index is 1.48. The number of carbonyl (C=O) groups is 2. The molecule has 1 aliphatic rings. The number of furan rings is 1. The lowest BCUT2D eigenvalue weighted by Gasteiger charge is -2.16. The van der Waals surface area contributed by atoms with E-state index in [4.69, 9.17) is 4.42 Å². The second kappa shape index (κ2) is 7.00. The zero-order valence-electron chi connectivity index (χ0n) is 13.1. The number of rotatable bonds is 5. The van der Waals surface area contributed by atoms with E-state index in [1.165, 1.54) is 16.9 Å². The van der Waals surface area contributed by atoms with Crippen molar-refractivity contribution >= 4 is 23.2 Å².